The summed E-state index contributed by atoms with van der Waals surface area (Å²) in [5, 5.41) is 2.74. The van der Waals surface area contributed by atoms with Crippen molar-refractivity contribution in [2.24, 2.45) is 0 Å². The third kappa shape index (κ3) is 4.86. The zero-order chi connectivity index (χ0) is 23.6. The fraction of sp³-hybridized carbons (Fsp3) is 0.300. The number of ether oxygens (including phenoxy) is 3. The summed E-state index contributed by atoms with van der Waals surface area (Å²) in [4.78, 5) is 43.7. The molecular formula is C20H22N5O7P. The molecule has 174 valence electrons. The third-order valence-corrected chi connectivity index (χ3v) is 5.70. The van der Waals surface area contributed by atoms with Gasteiger partial charge in [0.1, 0.15) is 24.6 Å². The number of carbonyl (C=O) groups excluding carboxylic acids is 1. The number of nitrogens with one attached hydrogen (secondary N) is 1. The van der Waals surface area contributed by atoms with E-state index in [4.69, 9.17) is 24.0 Å². The number of anilines is 1. The molecule has 4 atom stereocenters. The molecule has 0 unspecified atom stereocenters. The maximum Gasteiger partial charge on any atom is 0.348 e. The highest BCUT2D eigenvalue weighted by Crippen LogP contribution is 2.40. The van der Waals surface area contributed by atoms with Gasteiger partial charge in [0, 0.05) is 25.6 Å². The van der Waals surface area contributed by atoms with Gasteiger partial charge in [-0.25, -0.2) is 15.0 Å². The number of nitrogens with zero attached hydrogens (tertiary/aromatic N) is 4. The number of hydrogen-bond acceptors (Lipinski definition) is 8. The predicted molar refractivity (Wildman–Crippen MR) is 116 cm³/mol. The molecule has 1 saturated heterocycles. The third-order valence-electron chi connectivity index (χ3n) is 5.14. The molecule has 12 nitrogen and oxygen atoms in total. The fourth-order valence-electron chi connectivity index (χ4n) is 3.66. The van der Waals surface area contributed by atoms with Crippen LogP contribution in [0.2, 0.25) is 0 Å². The van der Waals surface area contributed by atoms with E-state index < -0.39 is 32.1 Å². The van der Waals surface area contributed by atoms with E-state index in [0.29, 0.717) is 16.7 Å². The van der Waals surface area contributed by atoms with Gasteiger partial charge < -0.3 is 29.3 Å². The first kappa shape index (κ1) is 23.2. The van der Waals surface area contributed by atoms with E-state index >= 15 is 0 Å². The molecule has 0 spiro atoms. The summed E-state index contributed by atoms with van der Waals surface area (Å²) in [5.41, 5.74) is 1.17. The van der Waals surface area contributed by atoms with Crippen molar-refractivity contribution in [3.05, 3.63) is 60.4 Å². The Hall–Kier alpha value is -2.99. The zero-order valence-corrected chi connectivity index (χ0v) is 18.6. The average Bonchev–Trinajstić information content (AvgIpc) is 3.39. The lowest BCUT2D eigenvalue weighted by Gasteiger charge is -2.21. The molecule has 33 heavy (non-hydrogen) atoms. The molecule has 4 rings (SSSR count). The van der Waals surface area contributed by atoms with Crippen molar-refractivity contribution in [1.29, 1.82) is 0 Å². The van der Waals surface area contributed by atoms with E-state index in [1.165, 1.54) is 33.0 Å². The van der Waals surface area contributed by atoms with Crippen LogP contribution < -0.4 is 5.32 Å². The van der Waals surface area contributed by atoms with Gasteiger partial charge in [0.2, 0.25) is 0 Å². The molecule has 1 aromatic carbocycles. The van der Waals surface area contributed by atoms with Crippen LogP contribution in [0.3, 0.4) is 0 Å². The van der Waals surface area contributed by atoms with Gasteiger partial charge in [-0.15, -0.1) is 0 Å². The van der Waals surface area contributed by atoms with E-state index in [1.54, 1.807) is 28.8 Å². The van der Waals surface area contributed by atoms with Crippen LogP contribution in [-0.2, 0) is 18.8 Å². The highest BCUT2D eigenvalue weighted by atomic mass is 31.2. The SMILES string of the molecule is CO[C@@H]1[C@H](OC)[C@@H](/C=C/P(=O)(O)O)O[C@H]1n1cnc2c(NC(=O)c3ccccc3)ncnc21. The average molecular weight is 475 g/mol. The fourth-order valence-corrected chi connectivity index (χ4v) is 4.05. The molecular weight excluding hydrogens is 453 g/mol. The molecule has 0 bridgehead atoms. The molecule has 0 saturated carbocycles. The van der Waals surface area contributed by atoms with Crippen LogP contribution in [0.5, 0.6) is 0 Å². The molecule has 0 aliphatic carbocycles. The van der Waals surface area contributed by atoms with Crippen molar-refractivity contribution >= 4 is 30.5 Å². The quantitative estimate of drug-likeness (QED) is 0.430. The lowest BCUT2D eigenvalue weighted by molar-refractivity contribution is -0.0499. The Morgan fingerprint density at radius 3 is 2.55 bits per heavy atom. The van der Waals surface area contributed by atoms with Gasteiger partial charge in [-0.1, -0.05) is 18.2 Å². The second kappa shape index (κ2) is 9.48. The van der Waals surface area contributed by atoms with Gasteiger partial charge in [0.05, 0.1) is 6.33 Å². The molecule has 2 aromatic heterocycles. The van der Waals surface area contributed by atoms with Crippen molar-refractivity contribution < 1.29 is 33.4 Å². The standard InChI is InChI=1S/C20H22N5O7P/c1-30-15-13(8-9-33(27,28)29)32-20(16(15)31-2)25-11-23-14-17(21-10-22-18(14)25)24-19(26)12-6-4-3-5-7-12/h3-11,13,15-16,20H,1-2H3,(H2,27,28,29)(H,21,22,24,26)/b9-8+/t13-,15-,16-,20-/m1/s1. The van der Waals surface area contributed by atoms with E-state index in [1.807, 2.05) is 6.07 Å². The highest BCUT2D eigenvalue weighted by molar-refractivity contribution is 7.55. The first-order valence-electron chi connectivity index (χ1n) is 9.82. The van der Waals surface area contributed by atoms with Crippen molar-refractivity contribution in [3.63, 3.8) is 0 Å². The van der Waals surface area contributed by atoms with Crippen LogP contribution in [0.4, 0.5) is 5.82 Å². The molecule has 1 aliphatic rings. The Kier molecular flexibility index (Phi) is 6.66. The van der Waals surface area contributed by atoms with Crippen LogP contribution in [-0.4, -0.2) is 67.7 Å². The first-order chi connectivity index (χ1) is 15.8. The molecule has 0 radical (unpaired) electrons. The Bertz CT molecular complexity index is 1210. The number of rotatable bonds is 7. The molecule has 3 aromatic rings. The van der Waals surface area contributed by atoms with E-state index in [9.17, 15) is 9.36 Å². The summed E-state index contributed by atoms with van der Waals surface area (Å²) >= 11 is 0. The van der Waals surface area contributed by atoms with Crippen molar-refractivity contribution in [2.75, 3.05) is 19.5 Å². The second-order valence-electron chi connectivity index (χ2n) is 7.19. The van der Waals surface area contributed by atoms with Gasteiger partial charge in [-0.05, 0) is 18.2 Å². The van der Waals surface area contributed by atoms with Crippen LogP contribution in [0.1, 0.15) is 16.6 Å². The highest BCUT2D eigenvalue weighted by Gasteiger charge is 2.46. The molecule has 13 heteroatoms. The topological polar surface area (TPSA) is 158 Å². The van der Waals surface area contributed by atoms with Crippen LogP contribution >= 0.6 is 7.60 Å². The van der Waals surface area contributed by atoms with Crippen LogP contribution in [0, 0.1) is 0 Å². The maximum atomic E-state index is 12.6. The molecule has 1 fully saturated rings. The summed E-state index contributed by atoms with van der Waals surface area (Å²) in [6.07, 6.45) is 1.14. The minimum absolute atomic E-state index is 0.223. The Balaban J connectivity index is 1.65. The largest absolute Gasteiger partial charge is 0.375 e. The van der Waals surface area contributed by atoms with Gasteiger partial charge in [-0.2, -0.15) is 0 Å². The molecule has 1 amide bonds. The van der Waals surface area contributed by atoms with Gasteiger partial charge >= 0.3 is 7.60 Å². The Morgan fingerprint density at radius 2 is 1.88 bits per heavy atom. The molecule has 3 heterocycles. The normalized spacial score (nSPS) is 23.4. The second-order valence-corrected chi connectivity index (χ2v) is 8.67. The Morgan fingerprint density at radius 1 is 1.15 bits per heavy atom. The minimum atomic E-state index is -4.38. The smallest absolute Gasteiger partial charge is 0.348 e. The summed E-state index contributed by atoms with van der Waals surface area (Å²) < 4.78 is 29.9. The zero-order valence-electron chi connectivity index (χ0n) is 17.7. The first-order valence-corrected chi connectivity index (χ1v) is 11.5. The monoisotopic (exact) mass is 475 g/mol. The van der Waals surface area contributed by atoms with Crippen LogP contribution in [0.25, 0.3) is 11.2 Å². The number of aromatic nitrogens is 4. The molecule has 1 aliphatic heterocycles. The summed E-state index contributed by atoms with van der Waals surface area (Å²) in [7, 11) is -1.46. The number of methoxy groups -OCH3 is 2. The summed E-state index contributed by atoms with van der Waals surface area (Å²) in [6, 6.07) is 8.68. The number of hydrogen-bond donors (Lipinski definition) is 3. The number of imidazole rings is 1. The lowest BCUT2D eigenvalue weighted by Crippen LogP contribution is -2.34. The van der Waals surface area contributed by atoms with Crippen molar-refractivity contribution in [1.82, 2.24) is 19.5 Å². The lowest BCUT2D eigenvalue weighted by atomic mass is 10.1. The van der Waals surface area contributed by atoms with E-state index in [2.05, 4.69) is 20.3 Å². The molecule has 3 N–H and O–H groups in total. The van der Waals surface area contributed by atoms with E-state index in [-0.39, 0.29) is 11.7 Å². The minimum Gasteiger partial charge on any atom is -0.375 e. The van der Waals surface area contributed by atoms with Gasteiger partial charge in [-0.3, -0.25) is 13.9 Å². The number of amides is 1. The number of fused-ring (bicyclic) bond motifs is 1. The summed E-state index contributed by atoms with van der Waals surface area (Å²) in [6.45, 7) is 0. The van der Waals surface area contributed by atoms with E-state index in [0.717, 1.165) is 5.82 Å². The van der Waals surface area contributed by atoms with Crippen molar-refractivity contribution in [2.45, 2.75) is 24.5 Å². The predicted octanol–water partition coefficient (Wildman–Crippen LogP) is 1.70. The van der Waals surface area contributed by atoms with Gasteiger partial charge in [0.25, 0.3) is 5.91 Å². The maximum absolute atomic E-state index is 12.6. The number of benzene rings is 1. The number of carbonyl (C=O) groups is 1. The summed E-state index contributed by atoms with van der Waals surface area (Å²) in [5.74, 6) is 0.643. The van der Waals surface area contributed by atoms with Crippen molar-refractivity contribution in [3.8, 4) is 0 Å². The Labute approximate surface area is 188 Å². The van der Waals surface area contributed by atoms with Crippen LogP contribution in [0.15, 0.2) is 54.9 Å². The van der Waals surface area contributed by atoms with Gasteiger partial charge in [0.15, 0.2) is 23.2 Å².